The van der Waals surface area contributed by atoms with E-state index in [0.29, 0.717) is 5.69 Å². The number of hydrogen-bond acceptors (Lipinski definition) is 4. The van der Waals surface area contributed by atoms with Gasteiger partial charge in [-0.05, 0) is 23.6 Å². The first kappa shape index (κ1) is 17.7. The van der Waals surface area contributed by atoms with Gasteiger partial charge in [0.05, 0.1) is 23.0 Å². The molecule has 0 radical (unpaired) electrons. The van der Waals surface area contributed by atoms with Crippen molar-refractivity contribution in [2.75, 3.05) is 16.3 Å². The molecule has 0 saturated heterocycles. The van der Waals surface area contributed by atoms with Gasteiger partial charge in [-0.15, -0.1) is 0 Å². The minimum absolute atomic E-state index is 0.183. The van der Waals surface area contributed by atoms with Gasteiger partial charge in [-0.1, -0.05) is 32.4 Å². The van der Waals surface area contributed by atoms with Crippen molar-refractivity contribution in [2.45, 2.75) is 26.8 Å². The summed E-state index contributed by atoms with van der Waals surface area (Å²) in [5, 5.41) is 2.84. The normalized spacial score (nSPS) is 13.6. The number of amides is 1. The SMILES string of the molecule is CC(C)(C)[C@H](N)C(=O)Nc1ccc(NS(C)(=O)=O)c(Cl)c1. The van der Waals surface area contributed by atoms with Crippen molar-refractivity contribution < 1.29 is 13.2 Å². The number of nitrogens with two attached hydrogens (primary N) is 1. The summed E-state index contributed by atoms with van der Waals surface area (Å²) in [4.78, 5) is 12.0. The van der Waals surface area contributed by atoms with Crippen molar-refractivity contribution in [3.05, 3.63) is 23.2 Å². The fourth-order valence-corrected chi connectivity index (χ4v) is 2.35. The van der Waals surface area contributed by atoms with E-state index in [1.165, 1.54) is 12.1 Å². The number of carbonyl (C=O) groups is 1. The number of sulfonamides is 1. The first-order valence-corrected chi connectivity index (χ1v) is 8.51. The van der Waals surface area contributed by atoms with Gasteiger partial charge >= 0.3 is 0 Å². The molecule has 0 aliphatic heterocycles. The van der Waals surface area contributed by atoms with Crippen LogP contribution in [0, 0.1) is 5.41 Å². The Bertz CT molecular complexity index is 639. The van der Waals surface area contributed by atoms with E-state index in [2.05, 4.69) is 10.0 Å². The standard InChI is InChI=1S/C13H20ClN3O3S/c1-13(2,3)11(15)12(18)16-8-5-6-10(9(14)7-8)17-21(4,19)20/h5-7,11,17H,15H2,1-4H3,(H,16,18)/t11-/m1/s1. The summed E-state index contributed by atoms with van der Waals surface area (Å²) < 4.78 is 24.6. The first-order valence-electron chi connectivity index (χ1n) is 6.24. The second-order valence-corrected chi connectivity index (χ2v) is 8.06. The predicted molar refractivity (Wildman–Crippen MR) is 86.0 cm³/mol. The molecule has 118 valence electrons. The lowest BCUT2D eigenvalue weighted by Crippen LogP contribution is -2.45. The molecule has 21 heavy (non-hydrogen) atoms. The van der Waals surface area contributed by atoms with E-state index in [1.54, 1.807) is 6.07 Å². The number of rotatable bonds is 4. The van der Waals surface area contributed by atoms with Crippen molar-refractivity contribution in [1.82, 2.24) is 0 Å². The van der Waals surface area contributed by atoms with Crippen LogP contribution in [0.2, 0.25) is 5.02 Å². The highest BCUT2D eigenvalue weighted by atomic mass is 35.5. The third-order valence-electron chi connectivity index (χ3n) is 2.75. The summed E-state index contributed by atoms with van der Waals surface area (Å²) in [6.45, 7) is 5.59. The average molecular weight is 334 g/mol. The summed E-state index contributed by atoms with van der Waals surface area (Å²) >= 11 is 5.98. The molecule has 0 saturated carbocycles. The minimum Gasteiger partial charge on any atom is -0.325 e. The van der Waals surface area contributed by atoms with Crippen molar-refractivity contribution in [1.29, 1.82) is 0 Å². The molecule has 1 rings (SSSR count). The molecule has 0 heterocycles. The zero-order chi connectivity index (χ0) is 16.4. The molecular formula is C13H20ClN3O3S. The third kappa shape index (κ3) is 5.53. The summed E-state index contributed by atoms with van der Waals surface area (Å²) in [5.74, 6) is -0.331. The topological polar surface area (TPSA) is 101 Å². The molecular weight excluding hydrogens is 314 g/mol. The van der Waals surface area contributed by atoms with Crippen LogP contribution in [0.4, 0.5) is 11.4 Å². The second kappa shape index (κ2) is 6.21. The summed E-state index contributed by atoms with van der Waals surface area (Å²) in [6.07, 6.45) is 1.03. The zero-order valence-electron chi connectivity index (χ0n) is 12.4. The van der Waals surface area contributed by atoms with Gasteiger partial charge in [0.15, 0.2) is 0 Å². The van der Waals surface area contributed by atoms with Crippen molar-refractivity contribution in [2.24, 2.45) is 11.1 Å². The van der Waals surface area contributed by atoms with E-state index in [4.69, 9.17) is 17.3 Å². The predicted octanol–water partition coefficient (Wildman–Crippen LogP) is 2.02. The van der Waals surface area contributed by atoms with Crippen LogP contribution in [0.3, 0.4) is 0 Å². The molecule has 6 nitrogen and oxygen atoms in total. The Hall–Kier alpha value is -1.31. The van der Waals surface area contributed by atoms with Crippen LogP contribution in [-0.4, -0.2) is 26.6 Å². The van der Waals surface area contributed by atoms with Gasteiger partial charge in [0.2, 0.25) is 15.9 Å². The largest absolute Gasteiger partial charge is 0.325 e. The first-order chi connectivity index (χ1) is 9.40. The lowest BCUT2D eigenvalue weighted by atomic mass is 9.87. The summed E-state index contributed by atoms with van der Waals surface area (Å²) in [6, 6.07) is 3.81. The van der Waals surface area contributed by atoms with Crippen LogP contribution in [0.15, 0.2) is 18.2 Å². The highest BCUT2D eigenvalue weighted by Gasteiger charge is 2.27. The molecule has 8 heteroatoms. The minimum atomic E-state index is -3.41. The second-order valence-electron chi connectivity index (χ2n) is 5.90. The smallest absolute Gasteiger partial charge is 0.241 e. The molecule has 4 N–H and O–H groups in total. The molecule has 1 aromatic carbocycles. The summed E-state index contributed by atoms with van der Waals surface area (Å²) in [7, 11) is -3.41. The molecule has 0 aliphatic rings. The van der Waals surface area contributed by atoms with E-state index < -0.39 is 16.1 Å². The number of anilines is 2. The Balaban J connectivity index is 2.88. The number of halogens is 1. The fourth-order valence-electron chi connectivity index (χ4n) is 1.49. The highest BCUT2D eigenvalue weighted by Crippen LogP contribution is 2.27. The van der Waals surface area contributed by atoms with Crippen LogP contribution < -0.4 is 15.8 Å². The van der Waals surface area contributed by atoms with Crippen LogP contribution in [-0.2, 0) is 14.8 Å². The van der Waals surface area contributed by atoms with Crippen molar-refractivity contribution >= 4 is 38.9 Å². The molecule has 0 spiro atoms. The number of benzene rings is 1. The Kier molecular flexibility index (Phi) is 5.25. The van der Waals surface area contributed by atoms with E-state index >= 15 is 0 Å². The van der Waals surface area contributed by atoms with Gasteiger partial charge in [0.25, 0.3) is 0 Å². The quantitative estimate of drug-likeness (QED) is 0.784. The van der Waals surface area contributed by atoms with Gasteiger partial charge in [0, 0.05) is 5.69 Å². The van der Waals surface area contributed by atoms with E-state index in [1.807, 2.05) is 20.8 Å². The van der Waals surface area contributed by atoms with Crippen LogP contribution in [0.25, 0.3) is 0 Å². The van der Waals surface area contributed by atoms with Gasteiger partial charge in [-0.3, -0.25) is 9.52 Å². The molecule has 1 amide bonds. The van der Waals surface area contributed by atoms with Crippen LogP contribution in [0.1, 0.15) is 20.8 Å². The Morgan fingerprint density at radius 2 is 1.90 bits per heavy atom. The maximum absolute atomic E-state index is 12.0. The molecule has 0 unspecified atom stereocenters. The average Bonchev–Trinajstić information content (AvgIpc) is 2.29. The van der Waals surface area contributed by atoms with Gasteiger partial charge in [-0.25, -0.2) is 8.42 Å². The van der Waals surface area contributed by atoms with Gasteiger partial charge in [-0.2, -0.15) is 0 Å². The molecule has 1 atom stereocenters. The van der Waals surface area contributed by atoms with Crippen LogP contribution >= 0.6 is 11.6 Å². The molecule has 0 aliphatic carbocycles. The Morgan fingerprint density at radius 3 is 2.33 bits per heavy atom. The molecule has 0 bridgehead atoms. The van der Waals surface area contributed by atoms with E-state index in [-0.39, 0.29) is 22.0 Å². The third-order valence-corrected chi connectivity index (χ3v) is 3.65. The monoisotopic (exact) mass is 333 g/mol. The Morgan fingerprint density at radius 1 is 1.33 bits per heavy atom. The number of hydrogen-bond donors (Lipinski definition) is 3. The van der Waals surface area contributed by atoms with Gasteiger partial charge in [0.1, 0.15) is 0 Å². The van der Waals surface area contributed by atoms with E-state index in [9.17, 15) is 13.2 Å². The van der Waals surface area contributed by atoms with Crippen molar-refractivity contribution in [3.8, 4) is 0 Å². The van der Waals surface area contributed by atoms with Gasteiger partial charge < -0.3 is 11.1 Å². The molecule has 0 aromatic heterocycles. The molecule has 0 fully saturated rings. The fraction of sp³-hybridized carbons (Fsp3) is 0.462. The van der Waals surface area contributed by atoms with Crippen molar-refractivity contribution in [3.63, 3.8) is 0 Å². The summed E-state index contributed by atoms with van der Waals surface area (Å²) in [5.41, 5.74) is 6.18. The lowest BCUT2D eigenvalue weighted by molar-refractivity contribution is -0.119. The van der Waals surface area contributed by atoms with Crippen LogP contribution in [0.5, 0.6) is 0 Å². The Labute approximate surface area is 130 Å². The highest BCUT2D eigenvalue weighted by molar-refractivity contribution is 7.92. The maximum Gasteiger partial charge on any atom is 0.241 e. The number of nitrogens with one attached hydrogen (secondary N) is 2. The van der Waals surface area contributed by atoms with E-state index in [0.717, 1.165) is 6.26 Å². The zero-order valence-corrected chi connectivity index (χ0v) is 14.0. The lowest BCUT2D eigenvalue weighted by Gasteiger charge is -2.25. The maximum atomic E-state index is 12.0. The number of carbonyl (C=O) groups excluding carboxylic acids is 1. The molecule has 1 aromatic rings.